The molecule has 2 atom stereocenters. The first kappa shape index (κ1) is 20.3. The molecule has 1 saturated carbocycles. The molecule has 0 radical (unpaired) electrons. The second-order valence-electron chi connectivity index (χ2n) is 7.33. The molecule has 28 heavy (non-hydrogen) atoms. The van der Waals surface area contributed by atoms with Crippen LogP contribution in [0.15, 0.2) is 36.4 Å². The third-order valence-corrected chi connectivity index (χ3v) is 5.32. The second kappa shape index (κ2) is 8.29. The van der Waals surface area contributed by atoms with E-state index in [4.69, 9.17) is 0 Å². The summed E-state index contributed by atoms with van der Waals surface area (Å²) < 4.78 is 14.7. The molecule has 0 saturated heterocycles. The maximum atomic E-state index is 14.7. The van der Waals surface area contributed by atoms with E-state index >= 15 is 0 Å². The quantitative estimate of drug-likeness (QED) is 0.728. The lowest BCUT2D eigenvalue weighted by Crippen LogP contribution is -2.25. The third kappa shape index (κ3) is 4.18. The highest BCUT2D eigenvalue weighted by atomic mass is 35.5. The van der Waals surface area contributed by atoms with Crippen molar-refractivity contribution in [2.24, 2.45) is 11.8 Å². The lowest BCUT2D eigenvalue weighted by molar-refractivity contribution is -0.117. The molecule has 148 valence electrons. The van der Waals surface area contributed by atoms with E-state index in [9.17, 15) is 14.0 Å². The largest absolute Gasteiger partial charge is 0.326 e. The van der Waals surface area contributed by atoms with Gasteiger partial charge in [0.2, 0.25) is 5.91 Å². The first-order valence-electron chi connectivity index (χ1n) is 9.26. The molecule has 4 rings (SSSR count). The van der Waals surface area contributed by atoms with Crippen molar-refractivity contribution >= 4 is 35.6 Å². The molecule has 2 aromatic rings. The Morgan fingerprint density at radius 1 is 1.11 bits per heavy atom. The van der Waals surface area contributed by atoms with Gasteiger partial charge in [-0.05, 0) is 66.8 Å². The van der Waals surface area contributed by atoms with Crippen molar-refractivity contribution in [1.29, 1.82) is 0 Å². The van der Waals surface area contributed by atoms with Gasteiger partial charge in [-0.25, -0.2) is 4.39 Å². The van der Waals surface area contributed by atoms with Gasteiger partial charge in [0.1, 0.15) is 5.82 Å². The molecule has 0 spiro atoms. The summed E-state index contributed by atoms with van der Waals surface area (Å²) in [5.74, 6) is -0.181. The Morgan fingerprint density at radius 3 is 2.50 bits per heavy atom. The van der Waals surface area contributed by atoms with Gasteiger partial charge >= 0.3 is 0 Å². The van der Waals surface area contributed by atoms with E-state index < -0.39 is 0 Å². The zero-order valence-corrected chi connectivity index (χ0v) is 16.4. The van der Waals surface area contributed by atoms with Crippen LogP contribution in [0.3, 0.4) is 0 Å². The van der Waals surface area contributed by atoms with Crippen molar-refractivity contribution in [2.45, 2.75) is 26.3 Å². The maximum Gasteiger partial charge on any atom is 0.255 e. The molecular formula is C21H23ClFN3O2. The van der Waals surface area contributed by atoms with E-state index in [2.05, 4.69) is 16.0 Å². The third-order valence-electron chi connectivity index (χ3n) is 5.32. The van der Waals surface area contributed by atoms with Gasteiger partial charge in [-0.15, -0.1) is 12.4 Å². The number of anilines is 2. The molecule has 3 N–H and O–H groups in total. The summed E-state index contributed by atoms with van der Waals surface area (Å²) in [6.07, 6.45) is 1.54. The van der Waals surface area contributed by atoms with Crippen LogP contribution in [0, 0.1) is 17.7 Å². The molecule has 1 aliphatic heterocycles. The summed E-state index contributed by atoms with van der Waals surface area (Å²) in [4.78, 5) is 24.4. The van der Waals surface area contributed by atoms with Crippen molar-refractivity contribution in [3.63, 3.8) is 0 Å². The summed E-state index contributed by atoms with van der Waals surface area (Å²) in [6, 6.07) is 10.1. The number of fused-ring (bicyclic) bond motifs is 1. The fourth-order valence-corrected chi connectivity index (χ4v) is 3.45. The van der Waals surface area contributed by atoms with E-state index in [1.807, 2.05) is 13.0 Å². The lowest BCUT2D eigenvalue weighted by atomic mass is 9.99. The van der Waals surface area contributed by atoms with Gasteiger partial charge in [-0.1, -0.05) is 13.0 Å². The zero-order valence-electron chi connectivity index (χ0n) is 15.5. The van der Waals surface area contributed by atoms with Crippen LogP contribution < -0.4 is 16.0 Å². The van der Waals surface area contributed by atoms with Gasteiger partial charge in [-0.2, -0.15) is 0 Å². The molecule has 2 unspecified atom stereocenters. The molecular weight excluding hydrogens is 381 g/mol. The molecule has 1 fully saturated rings. The van der Waals surface area contributed by atoms with Gasteiger partial charge in [0.05, 0.1) is 5.69 Å². The number of carbonyl (C=O) groups excluding carboxylic acids is 2. The number of halogens is 2. The minimum Gasteiger partial charge on any atom is -0.326 e. The Morgan fingerprint density at radius 2 is 1.82 bits per heavy atom. The Labute approximate surface area is 169 Å². The van der Waals surface area contributed by atoms with Crippen LogP contribution in [0.2, 0.25) is 0 Å². The molecule has 1 aliphatic carbocycles. The lowest BCUT2D eigenvalue weighted by Gasteiger charge is -2.19. The smallest absolute Gasteiger partial charge is 0.255 e. The van der Waals surface area contributed by atoms with Gasteiger partial charge in [-0.3, -0.25) is 9.59 Å². The average molecular weight is 404 g/mol. The molecule has 2 amide bonds. The van der Waals surface area contributed by atoms with Crippen molar-refractivity contribution in [3.05, 3.63) is 58.9 Å². The highest BCUT2D eigenvalue weighted by molar-refractivity contribution is 6.05. The van der Waals surface area contributed by atoms with Crippen LogP contribution in [0.1, 0.15) is 34.8 Å². The fraction of sp³-hybridized carbons (Fsp3) is 0.333. The highest BCUT2D eigenvalue weighted by Crippen LogP contribution is 2.38. The topological polar surface area (TPSA) is 70.2 Å². The van der Waals surface area contributed by atoms with Crippen LogP contribution in [-0.4, -0.2) is 18.4 Å². The molecule has 2 aliphatic rings. The van der Waals surface area contributed by atoms with Crippen LogP contribution in [0.5, 0.6) is 0 Å². The monoisotopic (exact) mass is 403 g/mol. The van der Waals surface area contributed by atoms with Gasteiger partial charge in [0, 0.05) is 23.7 Å². The average Bonchev–Trinajstić information content (AvgIpc) is 3.41. The van der Waals surface area contributed by atoms with E-state index in [0.717, 1.165) is 18.5 Å². The number of benzene rings is 2. The number of hydrogen-bond acceptors (Lipinski definition) is 3. The Balaban J connectivity index is 0.00000225. The first-order valence-corrected chi connectivity index (χ1v) is 9.26. The van der Waals surface area contributed by atoms with Crippen LogP contribution in [-0.2, 0) is 17.8 Å². The molecule has 5 nitrogen and oxygen atoms in total. The Kier molecular flexibility index (Phi) is 6.01. The summed E-state index contributed by atoms with van der Waals surface area (Å²) in [7, 11) is 0. The summed E-state index contributed by atoms with van der Waals surface area (Å²) in [5, 5.41) is 8.71. The van der Waals surface area contributed by atoms with E-state index in [1.54, 1.807) is 30.3 Å². The number of carbonyl (C=O) groups is 2. The minimum atomic E-state index is -0.378. The number of hydrogen-bond donors (Lipinski definition) is 3. The van der Waals surface area contributed by atoms with E-state index in [-0.39, 0.29) is 41.6 Å². The van der Waals surface area contributed by atoms with E-state index in [0.29, 0.717) is 35.7 Å². The van der Waals surface area contributed by atoms with Gasteiger partial charge in [0.25, 0.3) is 5.91 Å². The predicted molar refractivity (Wildman–Crippen MR) is 109 cm³/mol. The van der Waals surface area contributed by atoms with Crippen molar-refractivity contribution in [1.82, 2.24) is 5.32 Å². The number of nitrogens with one attached hydrogen (secondary N) is 3. The summed E-state index contributed by atoms with van der Waals surface area (Å²) >= 11 is 0. The highest BCUT2D eigenvalue weighted by Gasteiger charge is 2.39. The van der Waals surface area contributed by atoms with Gasteiger partial charge in [0.15, 0.2) is 0 Å². The first-order chi connectivity index (χ1) is 13.0. The standard InChI is InChI=1S/C21H22FN3O2.ClH/c1-12-10-17(12)21(27)24-15-5-2-13(3-6-15)20(26)25-18-7-4-14-11-23-9-8-16(14)19(18)22;/h2-7,12,17,23H,8-11H2,1H3,(H,24,27)(H,25,26);1H. The Bertz CT molecular complexity index is 901. The van der Waals surface area contributed by atoms with Crippen molar-refractivity contribution in [2.75, 3.05) is 17.2 Å². The van der Waals surface area contributed by atoms with Gasteiger partial charge < -0.3 is 16.0 Å². The Hall–Kier alpha value is -2.44. The predicted octanol–water partition coefficient (Wildman–Crippen LogP) is 3.74. The van der Waals surface area contributed by atoms with Crippen LogP contribution in [0.4, 0.5) is 15.8 Å². The maximum absolute atomic E-state index is 14.7. The molecule has 0 bridgehead atoms. The molecule has 2 aromatic carbocycles. The molecule has 1 heterocycles. The minimum absolute atomic E-state index is 0. The second-order valence-corrected chi connectivity index (χ2v) is 7.33. The zero-order chi connectivity index (χ0) is 19.0. The number of amides is 2. The van der Waals surface area contributed by atoms with Crippen LogP contribution >= 0.6 is 12.4 Å². The SMILES string of the molecule is CC1CC1C(=O)Nc1ccc(C(=O)Nc2ccc3c(c2F)CCNC3)cc1.Cl. The van der Waals surface area contributed by atoms with Crippen LogP contribution in [0.25, 0.3) is 0 Å². The molecule has 0 aromatic heterocycles. The number of rotatable bonds is 4. The summed E-state index contributed by atoms with van der Waals surface area (Å²) in [6.45, 7) is 3.43. The fourth-order valence-electron chi connectivity index (χ4n) is 3.45. The van der Waals surface area contributed by atoms with Crippen molar-refractivity contribution in [3.8, 4) is 0 Å². The van der Waals surface area contributed by atoms with Crippen molar-refractivity contribution < 1.29 is 14.0 Å². The van der Waals surface area contributed by atoms with E-state index in [1.165, 1.54) is 0 Å². The molecule has 7 heteroatoms. The summed E-state index contributed by atoms with van der Waals surface area (Å²) in [5.41, 5.74) is 2.86. The normalized spacial score (nSPS) is 19.8.